The topological polar surface area (TPSA) is 58.2 Å². The number of benzene rings is 1. The number of nitrogens with one attached hydrogen (secondary N) is 2. The molecule has 2 amide bonds. The summed E-state index contributed by atoms with van der Waals surface area (Å²) in [4.78, 5) is 23.6. The smallest absolute Gasteiger partial charge is 0.262 e. The fourth-order valence-corrected chi connectivity index (χ4v) is 2.82. The number of rotatable bonds is 3. The van der Waals surface area contributed by atoms with Gasteiger partial charge in [0.2, 0.25) is 5.91 Å². The van der Waals surface area contributed by atoms with Crippen molar-refractivity contribution < 1.29 is 9.59 Å². The van der Waals surface area contributed by atoms with E-state index in [0.717, 1.165) is 35.7 Å². The molecule has 0 heterocycles. The summed E-state index contributed by atoms with van der Waals surface area (Å²) < 4.78 is 0.917. The molecule has 1 aromatic rings. The van der Waals surface area contributed by atoms with Gasteiger partial charge in [-0.1, -0.05) is 53.4 Å². The van der Waals surface area contributed by atoms with Gasteiger partial charge in [-0.3, -0.25) is 20.4 Å². The van der Waals surface area contributed by atoms with Crippen LogP contribution >= 0.6 is 15.9 Å². The lowest BCUT2D eigenvalue weighted by Crippen LogP contribution is -2.44. The van der Waals surface area contributed by atoms with Crippen LogP contribution in [-0.2, 0) is 9.59 Å². The summed E-state index contributed by atoms with van der Waals surface area (Å²) in [5.41, 5.74) is 5.84. The van der Waals surface area contributed by atoms with Crippen LogP contribution in [0.15, 0.2) is 34.8 Å². The second-order valence-corrected chi connectivity index (χ2v) is 6.02. The maximum absolute atomic E-state index is 11.9. The molecule has 0 radical (unpaired) electrons. The Bertz CT molecular complexity index is 537. The number of halogens is 1. The van der Waals surface area contributed by atoms with Gasteiger partial charge in [0, 0.05) is 16.5 Å². The quantitative estimate of drug-likeness (QED) is 0.649. The largest absolute Gasteiger partial charge is 0.273 e. The predicted octanol–water partition coefficient (Wildman–Crippen LogP) is 3.19. The van der Waals surface area contributed by atoms with Gasteiger partial charge in [-0.2, -0.15) is 0 Å². The molecule has 0 aromatic heterocycles. The molecule has 2 rings (SSSR count). The van der Waals surface area contributed by atoms with E-state index in [-0.39, 0.29) is 17.7 Å². The monoisotopic (exact) mass is 350 g/mol. The van der Waals surface area contributed by atoms with E-state index in [4.69, 9.17) is 0 Å². The lowest BCUT2D eigenvalue weighted by Gasteiger charge is -2.20. The van der Waals surface area contributed by atoms with Crippen LogP contribution in [0.25, 0.3) is 6.08 Å². The maximum atomic E-state index is 11.9. The van der Waals surface area contributed by atoms with E-state index < -0.39 is 0 Å². The molecule has 0 unspecified atom stereocenters. The molecule has 0 saturated heterocycles. The number of hydrogen-bond donors (Lipinski definition) is 2. The number of hydrogen-bond acceptors (Lipinski definition) is 2. The van der Waals surface area contributed by atoms with Crippen LogP contribution < -0.4 is 10.9 Å². The second-order valence-electron chi connectivity index (χ2n) is 5.17. The molecule has 21 heavy (non-hydrogen) atoms. The molecular weight excluding hydrogens is 332 g/mol. The van der Waals surface area contributed by atoms with Crippen LogP contribution in [0, 0.1) is 5.92 Å². The first-order chi connectivity index (χ1) is 10.2. The van der Waals surface area contributed by atoms with E-state index in [0.29, 0.717) is 0 Å². The van der Waals surface area contributed by atoms with Gasteiger partial charge in [-0.05, 0) is 30.5 Å². The van der Waals surface area contributed by atoms with Crippen molar-refractivity contribution in [3.8, 4) is 0 Å². The fourth-order valence-electron chi connectivity index (χ4n) is 2.41. The lowest BCUT2D eigenvalue weighted by atomic mass is 9.89. The first kappa shape index (κ1) is 15.8. The van der Waals surface area contributed by atoms with Crippen molar-refractivity contribution in [2.45, 2.75) is 32.1 Å². The van der Waals surface area contributed by atoms with Crippen molar-refractivity contribution in [3.63, 3.8) is 0 Å². The van der Waals surface area contributed by atoms with Crippen LogP contribution in [-0.4, -0.2) is 11.8 Å². The minimum atomic E-state index is -0.338. The maximum Gasteiger partial charge on any atom is 0.262 e. The van der Waals surface area contributed by atoms with E-state index >= 15 is 0 Å². The molecule has 0 atom stereocenters. The summed E-state index contributed by atoms with van der Waals surface area (Å²) in [5, 5.41) is 0. The van der Waals surface area contributed by atoms with E-state index in [2.05, 4.69) is 26.8 Å². The highest BCUT2D eigenvalue weighted by Crippen LogP contribution is 2.23. The summed E-state index contributed by atoms with van der Waals surface area (Å²) in [6.45, 7) is 0. The Morgan fingerprint density at radius 1 is 1.10 bits per heavy atom. The molecule has 4 nitrogen and oxygen atoms in total. The highest BCUT2D eigenvalue weighted by Gasteiger charge is 2.20. The van der Waals surface area contributed by atoms with Gasteiger partial charge >= 0.3 is 0 Å². The zero-order valence-corrected chi connectivity index (χ0v) is 13.4. The Morgan fingerprint density at radius 3 is 2.52 bits per heavy atom. The zero-order valence-electron chi connectivity index (χ0n) is 11.8. The third-order valence-electron chi connectivity index (χ3n) is 3.60. The molecule has 0 bridgehead atoms. The van der Waals surface area contributed by atoms with Gasteiger partial charge in [0.25, 0.3) is 5.91 Å². The molecule has 1 saturated carbocycles. The third-order valence-corrected chi connectivity index (χ3v) is 4.33. The summed E-state index contributed by atoms with van der Waals surface area (Å²) >= 11 is 3.41. The van der Waals surface area contributed by atoms with Crippen molar-refractivity contribution in [2.24, 2.45) is 5.92 Å². The van der Waals surface area contributed by atoms with E-state index in [1.807, 2.05) is 24.3 Å². The Morgan fingerprint density at radius 2 is 1.81 bits per heavy atom. The van der Waals surface area contributed by atoms with Crippen LogP contribution in [0.5, 0.6) is 0 Å². The molecule has 1 aliphatic carbocycles. The standard InChI is InChI=1S/C16H19BrN2O2/c17-14-9-5-4-6-12(14)10-11-15(20)18-19-16(21)13-7-2-1-3-8-13/h4-6,9-11,13H,1-3,7-8H2,(H,18,20)(H,19,21)/b11-10+. The van der Waals surface area contributed by atoms with Gasteiger partial charge < -0.3 is 0 Å². The van der Waals surface area contributed by atoms with Crippen molar-refractivity contribution >= 4 is 33.8 Å². The third kappa shape index (κ3) is 5.01. The van der Waals surface area contributed by atoms with Gasteiger partial charge in [0.1, 0.15) is 0 Å². The van der Waals surface area contributed by atoms with Crippen LogP contribution in [0.2, 0.25) is 0 Å². The highest BCUT2D eigenvalue weighted by atomic mass is 79.9. The SMILES string of the molecule is O=C(/C=C/c1ccccc1Br)NNC(=O)C1CCCCC1. The molecule has 112 valence electrons. The zero-order chi connectivity index (χ0) is 15.1. The van der Waals surface area contributed by atoms with Crippen molar-refractivity contribution in [1.82, 2.24) is 10.9 Å². The summed E-state index contributed by atoms with van der Waals surface area (Å²) in [5.74, 6) is -0.390. The Kier molecular flexibility index (Phi) is 5.99. The number of hydrazine groups is 1. The number of carbonyl (C=O) groups is 2. The molecule has 2 N–H and O–H groups in total. The van der Waals surface area contributed by atoms with E-state index in [1.165, 1.54) is 12.5 Å². The van der Waals surface area contributed by atoms with Crippen LogP contribution in [0.1, 0.15) is 37.7 Å². The molecule has 1 aromatic carbocycles. The average Bonchev–Trinajstić information content (AvgIpc) is 2.52. The first-order valence-corrected chi connectivity index (χ1v) is 7.98. The van der Waals surface area contributed by atoms with E-state index in [1.54, 1.807) is 6.08 Å². The molecular formula is C16H19BrN2O2. The molecule has 0 aliphatic heterocycles. The summed E-state index contributed by atoms with van der Waals surface area (Å²) in [6, 6.07) is 7.61. The van der Waals surface area contributed by atoms with Gasteiger partial charge in [0.15, 0.2) is 0 Å². The van der Waals surface area contributed by atoms with E-state index in [9.17, 15) is 9.59 Å². The normalized spacial score (nSPS) is 15.9. The van der Waals surface area contributed by atoms with Gasteiger partial charge in [0.05, 0.1) is 0 Å². The van der Waals surface area contributed by atoms with Crippen LogP contribution in [0.3, 0.4) is 0 Å². The van der Waals surface area contributed by atoms with Crippen molar-refractivity contribution in [3.05, 3.63) is 40.4 Å². The van der Waals surface area contributed by atoms with Gasteiger partial charge in [-0.15, -0.1) is 0 Å². The Balaban J connectivity index is 1.79. The van der Waals surface area contributed by atoms with Crippen molar-refractivity contribution in [2.75, 3.05) is 0 Å². The summed E-state index contributed by atoms with van der Waals surface area (Å²) in [7, 11) is 0. The minimum absolute atomic E-state index is 0.0336. The van der Waals surface area contributed by atoms with Gasteiger partial charge in [-0.25, -0.2) is 0 Å². The summed E-state index contributed by atoms with van der Waals surface area (Å²) in [6.07, 6.45) is 8.31. The predicted molar refractivity (Wildman–Crippen MR) is 86.0 cm³/mol. The Labute approximate surface area is 133 Å². The second kappa shape index (κ2) is 7.98. The Hall–Kier alpha value is -1.62. The highest BCUT2D eigenvalue weighted by molar-refractivity contribution is 9.10. The number of amides is 2. The fraction of sp³-hybridized carbons (Fsp3) is 0.375. The first-order valence-electron chi connectivity index (χ1n) is 7.19. The van der Waals surface area contributed by atoms with Crippen LogP contribution in [0.4, 0.5) is 0 Å². The van der Waals surface area contributed by atoms with Crippen molar-refractivity contribution in [1.29, 1.82) is 0 Å². The molecule has 1 aliphatic rings. The average molecular weight is 351 g/mol. The lowest BCUT2D eigenvalue weighted by molar-refractivity contribution is -0.130. The number of carbonyl (C=O) groups excluding carboxylic acids is 2. The molecule has 5 heteroatoms. The minimum Gasteiger partial charge on any atom is -0.273 e. The molecule has 0 spiro atoms. The molecule has 1 fully saturated rings.